The molecular weight excluding hydrogens is 530 g/mol. The van der Waals surface area contributed by atoms with E-state index in [0.717, 1.165) is 31.4 Å². The predicted molar refractivity (Wildman–Crippen MR) is 191 cm³/mol. The molecule has 1 aliphatic carbocycles. The van der Waals surface area contributed by atoms with Crippen molar-refractivity contribution in [2.75, 3.05) is 0 Å². The summed E-state index contributed by atoms with van der Waals surface area (Å²) in [6.07, 6.45) is 19.9. The van der Waals surface area contributed by atoms with Gasteiger partial charge in [0.15, 0.2) is 0 Å². The fourth-order valence-corrected chi connectivity index (χ4v) is 7.05. The molecule has 0 radical (unpaired) electrons. The monoisotopic (exact) mass is 565 g/mol. The van der Waals surface area contributed by atoms with Crippen LogP contribution in [-0.4, -0.2) is 5.71 Å². The van der Waals surface area contributed by atoms with E-state index in [-0.39, 0.29) is 6.04 Å². The first-order chi connectivity index (χ1) is 21.7. The molecule has 0 saturated heterocycles. The summed E-state index contributed by atoms with van der Waals surface area (Å²) in [7, 11) is 0. The van der Waals surface area contributed by atoms with Crippen molar-refractivity contribution in [3.05, 3.63) is 161 Å². The summed E-state index contributed by atoms with van der Waals surface area (Å²) in [4.78, 5) is 5.29. The van der Waals surface area contributed by atoms with E-state index in [1.165, 1.54) is 70.9 Å². The van der Waals surface area contributed by atoms with Gasteiger partial charge in [0, 0.05) is 5.71 Å². The van der Waals surface area contributed by atoms with Gasteiger partial charge in [-0.25, -0.2) is 0 Å². The average Bonchev–Trinajstić information content (AvgIpc) is 3.29. The zero-order chi connectivity index (χ0) is 29.5. The van der Waals surface area contributed by atoms with Crippen LogP contribution in [0.4, 0.5) is 0 Å². The van der Waals surface area contributed by atoms with Crippen molar-refractivity contribution in [1.82, 2.24) is 0 Å². The lowest BCUT2D eigenvalue weighted by molar-refractivity contribution is 0.910. The summed E-state index contributed by atoms with van der Waals surface area (Å²) in [5, 5.41) is 10.4. The number of rotatable bonds is 5. The van der Waals surface area contributed by atoms with Gasteiger partial charge in [0.25, 0.3) is 0 Å². The molecule has 0 N–H and O–H groups in total. The number of hydrogen-bond acceptors (Lipinski definition) is 1. The molecule has 0 spiro atoms. The summed E-state index contributed by atoms with van der Waals surface area (Å²) in [5.74, 6) is 0. The highest BCUT2D eigenvalue weighted by Gasteiger charge is 2.14. The largest absolute Gasteiger partial charge is 0.277 e. The first-order valence-corrected chi connectivity index (χ1v) is 15.9. The molecule has 0 amide bonds. The van der Waals surface area contributed by atoms with Gasteiger partial charge in [0.2, 0.25) is 0 Å². The van der Waals surface area contributed by atoms with Crippen LogP contribution in [0.3, 0.4) is 0 Å². The molecule has 2 aliphatic rings. The van der Waals surface area contributed by atoms with E-state index in [1.54, 1.807) is 0 Å². The second-order valence-corrected chi connectivity index (χ2v) is 12.1. The van der Waals surface area contributed by atoms with Gasteiger partial charge in [-0.3, -0.25) is 4.99 Å². The van der Waals surface area contributed by atoms with Crippen LogP contribution in [-0.2, 0) is 12.8 Å². The zero-order valence-corrected chi connectivity index (χ0v) is 25.1. The van der Waals surface area contributed by atoms with Gasteiger partial charge in [0.05, 0.1) is 6.04 Å². The molecule has 1 unspecified atom stereocenters. The first-order valence-electron chi connectivity index (χ1n) is 15.9. The van der Waals surface area contributed by atoms with Gasteiger partial charge in [0.1, 0.15) is 0 Å². The molecule has 0 aromatic heterocycles. The number of aliphatic imine (C=N–C) groups is 1. The normalized spacial score (nSPS) is 16.5. The van der Waals surface area contributed by atoms with Crippen molar-refractivity contribution in [2.24, 2.45) is 4.99 Å². The quantitative estimate of drug-likeness (QED) is 0.184. The Balaban J connectivity index is 1.06. The minimum absolute atomic E-state index is 0.00678. The maximum absolute atomic E-state index is 5.29. The van der Waals surface area contributed by atoms with Crippen LogP contribution < -0.4 is 0 Å². The number of fused-ring (bicyclic) bond motifs is 8. The molecule has 1 aliphatic heterocycles. The Labute approximate surface area is 259 Å². The molecule has 0 bridgehead atoms. The Kier molecular flexibility index (Phi) is 6.80. The number of benzene rings is 6. The third-order valence-electron chi connectivity index (χ3n) is 9.37. The summed E-state index contributed by atoms with van der Waals surface area (Å²) < 4.78 is 0. The van der Waals surface area contributed by atoms with E-state index in [2.05, 4.69) is 147 Å². The van der Waals surface area contributed by atoms with Crippen molar-refractivity contribution in [2.45, 2.75) is 38.6 Å². The van der Waals surface area contributed by atoms with E-state index in [0.29, 0.717) is 0 Å². The Hall–Kier alpha value is -5.01. The Morgan fingerprint density at radius 1 is 0.750 bits per heavy atom. The van der Waals surface area contributed by atoms with Gasteiger partial charge in [-0.15, -0.1) is 0 Å². The first kappa shape index (κ1) is 26.6. The van der Waals surface area contributed by atoms with Crippen molar-refractivity contribution < 1.29 is 0 Å². The molecule has 1 heterocycles. The van der Waals surface area contributed by atoms with E-state index in [9.17, 15) is 0 Å². The average molecular weight is 566 g/mol. The molecule has 44 heavy (non-hydrogen) atoms. The van der Waals surface area contributed by atoms with Gasteiger partial charge >= 0.3 is 0 Å². The Morgan fingerprint density at radius 3 is 2.45 bits per heavy atom. The molecule has 6 aromatic carbocycles. The predicted octanol–water partition coefficient (Wildman–Crippen LogP) is 11.4. The minimum Gasteiger partial charge on any atom is -0.277 e. The van der Waals surface area contributed by atoms with Crippen LogP contribution in [0.5, 0.6) is 0 Å². The summed E-state index contributed by atoms with van der Waals surface area (Å²) in [6.45, 7) is 2.21. The zero-order valence-electron chi connectivity index (χ0n) is 25.1. The van der Waals surface area contributed by atoms with Crippen molar-refractivity contribution >= 4 is 54.9 Å². The van der Waals surface area contributed by atoms with Crippen molar-refractivity contribution in [3.63, 3.8) is 0 Å². The molecule has 1 atom stereocenters. The van der Waals surface area contributed by atoms with Gasteiger partial charge in [-0.2, -0.15) is 0 Å². The lowest BCUT2D eigenvalue weighted by atomic mass is 9.91. The molecule has 1 nitrogen and oxygen atoms in total. The fourth-order valence-electron chi connectivity index (χ4n) is 7.05. The Bertz CT molecular complexity index is 2240. The second kappa shape index (κ2) is 11.2. The number of aryl methyl sites for hydroxylation is 1. The van der Waals surface area contributed by atoms with Crippen LogP contribution in [0.1, 0.15) is 48.1 Å². The minimum atomic E-state index is -0.00678. The maximum atomic E-state index is 5.29. The summed E-state index contributed by atoms with van der Waals surface area (Å²) in [5.41, 5.74) is 7.78. The molecule has 0 fully saturated rings. The number of hydrogen-bond donors (Lipinski definition) is 0. The highest BCUT2D eigenvalue weighted by molar-refractivity contribution is 6.17. The van der Waals surface area contributed by atoms with Crippen LogP contribution in [0.25, 0.3) is 49.2 Å². The smallest absolute Gasteiger partial charge is 0.0937 e. The standard InChI is InChI=1S/C43H35N/c1-2-42-33(12-7-9-29-17-24-38-34(27-29)20-18-30-10-3-5-14-36(30)38)13-8-16-43(44-42)35-21-19-32-23-25-39-37-15-6-4-11-31(37)22-26-40(39)41(32)28-35/h4-8,11-28,43H,2-3,9-10H2,1H3/b12-7-. The second-order valence-electron chi connectivity index (χ2n) is 12.1. The lowest BCUT2D eigenvalue weighted by Gasteiger charge is -2.14. The highest BCUT2D eigenvalue weighted by atomic mass is 14.8. The molecule has 0 saturated carbocycles. The summed E-state index contributed by atoms with van der Waals surface area (Å²) in [6, 6.07) is 36.1. The lowest BCUT2D eigenvalue weighted by Crippen LogP contribution is -2.02. The van der Waals surface area contributed by atoms with E-state index in [1.807, 2.05) is 0 Å². The van der Waals surface area contributed by atoms with Crippen molar-refractivity contribution in [1.29, 1.82) is 0 Å². The maximum Gasteiger partial charge on any atom is 0.0937 e. The van der Waals surface area contributed by atoms with Crippen LogP contribution >= 0.6 is 0 Å². The summed E-state index contributed by atoms with van der Waals surface area (Å²) >= 11 is 0. The molecule has 8 rings (SSSR count). The highest BCUT2D eigenvalue weighted by Crippen LogP contribution is 2.34. The third kappa shape index (κ3) is 4.79. The topological polar surface area (TPSA) is 12.4 Å². The van der Waals surface area contributed by atoms with Crippen LogP contribution in [0.15, 0.2) is 144 Å². The van der Waals surface area contributed by atoms with Crippen LogP contribution in [0, 0.1) is 0 Å². The Morgan fingerprint density at radius 2 is 1.55 bits per heavy atom. The molecule has 1 heteroatoms. The van der Waals surface area contributed by atoms with Crippen molar-refractivity contribution in [3.8, 4) is 0 Å². The van der Waals surface area contributed by atoms with Gasteiger partial charge in [-0.05, 0) is 103 Å². The third-order valence-corrected chi connectivity index (χ3v) is 9.37. The fraction of sp³-hybridized carbons (Fsp3) is 0.140. The van der Waals surface area contributed by atoms with E-state index >= 15 is 0 Å². The molecular formula is C43H35N. The number of nitrogens with zero attached hydrogens (tertiary/aromatic N) is 1. The molecule has 212 valence electrons. The SMILES string of the molecule is CCC1=NC(c2ccc3ccc4c5ccccc5ccc4c3c2)C=CC=C1/C=C\Cc1ccc2c3c(ccc2c1)CCC=C3. The van der Waals surface area contributed by atoms with E-state index in [4.69, 9.17) is 4.99 Å². The van der Waals surface area contributed by atoms with Gasteiger partial charge < -0.3 is 0 Å². The van der Waals surface area contributed by atoms with Crippen LogP contribution in [0.2, 0.25) is 0 Å². The number of allylic oxidation sites excluding steroid dienone is 6. The van der Waals surface area contributed by atoms with E-state index < -0.39 is 0 Å². The van der Waals surface area contributed by atoms with Gasteiger partial charge in [-0.1, -0.05) is 140 Å². The molecule has 6 aromatic rings.